The third-order valence-electron chi connectivity index (χ3n) is 2.47. The van der Waals surface area contributed by atoms with Gasteiger partial charge in [-0.05, 0) is 25.5 Å². The Balaban J connectivity index is 1.96. The summed E-state index contributed by atoms with van der Waals surface area (Å²) in [5.74, 6) is 2.14. The molecule has 0 bridgehead atoms. The summed E-state index contributed by atoms with van der Waals surface area (Å²) in [6.07, 6.45) is 0.937. The Morgan fingerprint density at radius 1 is 1.44 bits per heavy atom. The van der Waals surface area contributed by atoms with Gasteiger partial charge in [0.25, 0.3) is 0 Å². The van der Waals surface area contributed by atoms with E-state index in [1.165, 1.54) is 10.5 Å². The maximum atomic E-state index is 5.21. The van der Waals surface area contributed by atoms with Crippen LogP contribution in [0.2, 0.25) is 0 Å². The Labute approximate surface area is 119 Å². The van der Waals surface area contributed by atoms with E-state index in [2.05, 4.69) is 64.2 Å². The lowest BCUT2D eigenvalue weighted by molar-refractivity contribution is 0.372. The summed E-state index contributed by atoms with van der Waals surface area (Å²) in [5.41, 5.74) is 1.26. The lowest BCUT2D eigenvalue weighted by Gasteiger charge is -1.99. The van der Waals surface area contributed by atoms with E-state index in [1.807, 2.05) is 0 Å². The molecule has 1 atom stereocenters. The van der Waals surface area contributed by atoms with Crippen LogP contribution in [0.3, 0.4) is 0 Å². The average molecular weight is 327 g/mol. The Bertz CT molecular complexity index is 515. The maximum Gasteiger partial charge on any atom is 0.240 e. The fraction of sp³-hybridized carbons (Fsp3) is 0.385. The minimum atomic E-state index is 0.155. The summed E-state index contributed by atoms with van der Waals surface area (Å²) in [4.78, 5) is 5.76. The van der Waals surface area contributed by atoms with Crippen molar-refractivity contribution in [2.45, 2.75) is 35.7 Å². The van der Waals surface area contributed by atoms with E-state index in [1.54, 1.807) is 11.8 Å². The van der Waals surface area contributed by atoms with Gasteiger partial charge in [0.15, 0.2) is 5.82 Å². The second-order valence-electron chi connectivity index (χ2n) is 4.03. The molecule has 0 aliphatic rings. The minimum Gasteiger partial charge on any atom is -0.338 e. The molecule has 5 heteroatoms. The number of benzene rings is 1. The lowest BCUT2D eigenvalue weighted by Crippen LogP contribution is -1.89. The van der Waals surface area contributed by atoms with Crippen molar-refractivity contribution >= 4 is 27.7 Å². The van der Waals surface area contributed by atoms with E-state index in [-0.39, 0.29) is 4.83 Å². The molecule has 1 aromatic heterocycles. The normalized spacial score (nSPS) is 12.6. The smallest absolute Gasteiger partial charge is 0.240 e. The average Bonchev–Trinajstić information content (AvgIpc) is 2.84. The molecule has 0 aliphatic heterocycles. The summed E-state index contributed by atoms with van der Waals surface area (Å²) in [6, 6.07) is 8.40. The number of aryl methyl sites for hydroxylation is 1. The number of nitrogens with zero attached hydrogens (tertiary/aromatic N) is 2. The third kappa shape index (κ3) is 3.59. The van der Waals surface area contributed by atoms with Crippen molar-refractivity contribution < 1.29 is 4.52 Å². The van der Waals surface area contributed by atoms with E-state index >= 15 is 0 Å². The molecule has 18 heavy (non-hydrogen) atoms. The van der Waals surface area contributed by atoms with Crippen molar-refractivity contribution in [3.63, 3.8) is 0 Å². The van der Waals surface area contributed by atoms with Crippen molar-refractivity contribution in [2.24, 2.45) is 0 Å². The minimum absolute atomic E-state index is 0.155. The van der Waals surface area contributed by atoms with Crippen LogP contribution >= 0.6 is 27.7 Å². The van der Waals surface area contributed by atoms with Gasteiger partial charge < -0.3 is 4.52 Å². The molecule has 0 spiro atoms. The first-order chi connectivity index (χ1) is 8.69. The molecular formula is C13H15BrN2OS. The van der Waals surface area contributed by atoms with Gasteiger partial charge in [-0.2, -0.15) is 4.98 Å². The topological polar surface area (TPSA) is 38.9 Å². The molecule has 0 saturated carbocycles. The second-order valence-corrected chi connectivity index (χ2v) is 6.18. The highest BCUT2D eigenvalue weighted by atomic mass is 79.9. The Morgan fingerprint density at radius 3 is 3.00 bits per heavy atom. The largest absolute Gasteiger partial charge is 0.338 e. The van der Waals surface area contributed by atoms with Crippen molar-refractivity contribution in [1.29, 1.82) is 0 Å². The van der Waals surface area contributed by atoms with Crippen LogP contribution in [0.4, 0.5) is 0 Å². The highest BCUT2D eigenvalue weighted by Gasteiger charge is 2.13. The molecule has 96 valence electrons. The maximum absolute atomic E-state index is 5.21. The zero-order valence-electron chi connectivity index (χ0n) is 10.4. The first kappa shape index (κ1) is 13.6. The highest BCUT2D eigenvalue weighted by Crippen LogP contribution is 2.26. The molecule has 3 nitrogen and oxygen atoms in total. The van der Waals surface area contributed by atoms with Gasteiger partial charge in [-0.1, -0.05) is 45.7 Å². The van der Waals surface area contributed by atoms with Crippen molar-refractivity contribution in [3.05, 3.63) is 41.5 Å². The van der Waals surface area contributed by atoms with Crippen molar-refractivity contribution in [2.75, 3.05) is 0 Å². The SMILES string of the molecule is CCC(Br)c1nc(CSc2cccc(C)c2)no1. The van der Waals surface area contributed by atoms with E-state index < -0.39 is 0 Å². The van der Waals surface area contributed by atoms with Gasteiger partial charge in [0, 0.05) is 4.90 Å². The molecule has 1 unspecified atom stereocenters. The summed E-state index contributed by atoms with van der Waals surface area (Å²) in [7, 11) is 0. The van der Waals surface area contributed by atoms with Gasteiger partial charge in [-0.25, -0.2) is 0 Å². The number of alkyl halides is 1. The molecule has 2 aromatic rings. The molecule has 0 amide bonds. The Kier molecular flexibility index (Phi) is 4.83. The van der Waals surface area contributed by atoms with Crippen molar-refractivity contribution in [3.8, 4) is 0 Å². The van der Waals surface area contributed by atoms with Crippen LogP contribution < -0.4 is 0 Å². The molecule has 0 fully saturated rings. The van der Waals surface area contributed by atoms with E-state index in [4.69, 9.17) is 4.52 Å². The van der Waals surface area contributed by atoms with Crippen LogP contribution in [0.5, 0.6) is 0 Å². The first-order valence-electron chi connectivity index (χ1n) is 5.85. The van der Waals surface area contributed by atoms with Gasteiger partial charge in [-0.3, -0.25) is 0 Å². The van der Waals surface area contributed by atoms with Crippen LogP contribution in [-0.4, -0.2) is 10.1 Å². The van der Waals surface area contributed by atoms with Gasteiger partial charge in [0.05, 0.1) is 10.6 Å². The predicted molar refractivity (Wildman–Crippen MR) is 77.0 cm³/mol. The van der Waals surface area contributed by atoms with E-state index in [0.29, 0.717) is 5.89 Å². The van der Waals surface area contributed by atoms with Gasteiger partial charge >= 0.3 is 0 Å². The fourth-order valence-electron chi connectivity index (χ4n) is 1.48. The Morgan fingerprint density at radius 2 is 2.28 bits per heavy atom. The number of hydrogen-bond acceptors (Lipinski definition) is 4. The summed E-state index contributed by atoms with van der Waals surface area (Å²) >= 11 is 5.22. The summed E-state index contributed by atoms with van der Waals surface area (Å²) in [5, 5.41) is 3.99. The van der Waals surface area contributed by atoms with Gasteiger partial charge in [0.1, 0.15) is 0 Å². The zero-order chi connectivity index (χ0) is 13.0. The standard InChI is InChI=1S/C13H15BrN2OS/c1-3-11(14)13-15-12(16-17-13)8-18-10-6-4-5-9(2)7-10/h4-7,11H,3,8H2,1-2H3. The number of halogens is 1. The van der Waals surface area contributed by atoms with Crippen molar-refractivity contribution in [1.82, 2.24) is 10.1 Å². The summed E-state index contributed by atoms with van der Waals surface area (Å²) < 4.78 is 5.21. The van der Waals surface area contributed by atoms with Crippen LogP contribution in [0.15, 0.2) is 33.7 Å². The van der Waals surface area contributed by atoms with E-state index in [0.717, 1.165) is 18.0 Å². The Hall–Kier alpha value is -0.810. The van der Waals surface area contributed by atoms with Gasteiger partial charge in [-0.15, -0.1) is 11.8 Å². The molecule has 2 rings (SSSR count). The monoisotopic (exact) mass is 326 g/mol. The van der Waals surface area contributed by atoms with Crippen LogP contribution in [0.1, 0.15) is 35.5 Å². The molecule has 0 N–H and O–H groups in total. The quantitative estimate of drug-likeness (QED) is 0.598. The number of hydrogen-bond donors (Lipinski definition) is 0. The molecule has 1 heterocycles. The molecule has 0 saturated heterocycles. The van der Waals surface area contributed by atoms with E-state index in [9.17, 15) is 0 Å². The molecular weight excluding hydrogens is 312 g/mol. The first-order valence-corrected chi connectivity index (χ1v) is 7.75. The summed E-state index contributed by atoms with van der Waals surface area (Å²) in [6.45, 7) is 4.16. The molecule has 0 radical (unpaired) electrons. The number of thioether (sulfide) groups is 1. The van der Waals surface area contributed by atoms with Crippen LogP contribution in [-0.2, 0) is 5.75 Å². The predicted octanol–water partition coefficient (Wildman–Crippen LogP) is 4.52. The van der Waals surface area contributed by atoms with Gasteiger partial charge in [0.2, 0.25) is 5.89 Å². The molecule has 1 aromatic carbocycles. The zero-order valence-corrected chi connectivity index (χ0v) is 12.8. The second kappa shape index (κ2) is 6.38. The third-order valence-corrected chi connectivity index (χ3v) is 4.50. The fourth-order valence-corrected chi connectivity index (χ4v) is 2.52. The van der Waals surface area contributed by atoms with Crippen LogP contribution in [0.25, 0.3) is 0 Å². The molecule has 0 aliphatic carbocycles. The number of rotatable bonds is 5. The lowest BCUT2D eigenvalue weighted by atomic mass is 10.2. The highest BCUT2D eigenvalue weighted by molar-refractivity contribution is 9.09. The number of aromatic nitrogens is 2. The van der Waals surface area contributed by atoms with Crippen LogP contribution in [0, 0.1) is 6.92 Å².